The molecule has 2 N–H and O–H groups in total. The summed E-state index contributed by atoms with van der Waals surface area (Å²) in [6.45, 7) is 0. The van der Waals surface area contributed by atoms with Crippen molar-refractivity contribution in [2.75, 3.05) is 5.73 Å². The number of hydrogen-bond acceptors (Lipinski definition) is 4. The first-order chi connectivity index (χ1) is 7.15. The SMILES string of the molecule is Nc1nsc(Cc2ccc(F)c(F)c2)n1. The van der Waals surface area contributed by atoms with Crippen molar-refractivity contribution in [2.45, 2.75) is 6.42 Å². The molecule has 0 aliphatic rings. The molecule has 1 aromatic heterocycles. The van der Waals surface area contributed by atoms with Gasteiger partial charge >= 0.3 is 0 Å². The molecule has 1 heterocycles. The molecule has 3 nitrogen and oxygen atoms in total. The lowest BCUT2D eigenvalue weighted by Gasteiger charge is -1.98. The number of rotatable bonds is 2. The molecule has 0 amide bonds. The first-order valence-corrected chi connectivity index (χ1v) is 4.94. The Morgan fingerprint density at radius 1 is 1.27 bits per heavy atom. The summed E-state index contributed by atoms with van der Waals surface area (Å²) in [6, 6.07) is 3.75. The summed E-state index contributed by atoms with van der Waals surface area (Å²) >= 11 is 1.15. The van der Waals surface area contributed by atoms with Crippen molar-refractivity contribution in [2.24, 2.45) is 0 Å². The number of halogens is 2. The fourth-order valence-electron chi connectivity index (χ4n) is 1.16. The highest BCUT2D eigenvalue weighted by atomic mass is 32.1. The maximum atomic E-state index is 12.9. The molecular weight excluding hydrogens is 220 g/mol. The summed E-state index contributed by atoms with van der Waals surface area (Å²) in [5.41, 5.74) is 5.98. The van der Waals surface area contributed by atoms with Crippen LogP contribution in [-0.2, 0) is 6.42 Å². The molecule has 15 heavy (non-hydrogen) atoms. The van der Waals surface area contributed by atoms with E-state index in [-0.39, 0.29) is 5.95 Å². The molecule has 0 saturated heterocycles. The molecule has 0 bridgehead atoms. The van der Waals surface area contributed by atoms with Crippen LogP contribution >= 0.6 is 11.5 Å². The Bertz CT molecular complexity index is 484. The summed E-state index contributed by atoms with van der Waals surface area (Å²) in [4.78, 5) is 3.93. The van der Waals surface area contributed by atoms with Gasteiger partial charge in [-0.05, 0) is 29.2 Å². The van der Waals surface area contributed by atoms with Crippen molar-refractivity contribution < 1.29 is 8.78 Å². The number of nitrogens with zero attached hydrogens (tertiary/aromatic N) is 2. The van der Waals surface area contributed by atoms with E-state index in [1.165, 1.54) is 6.07 Å². The van der Waals surface area contributed by atoms with Crippen molar-refractivity contribution >= 4 is 17.5 Å². The number of aromatic nitrogens is 2. The molecule has 0 spiro atoms. The first kappa shape index (κ1) is 9.97. The molecule has 0 unspecified atom stereocenters. The van der Waals surface area contributed by atoms with Gasteiger partial charge in [0, 0.05) is 6.42 Å². The van der Waals surface area contributed by atoms with Crippen LogP contribution in [-0.4, -0.2) is 9.36 Å². The third-order valence-electron chi connectivity index (χ3n) is 1.82. The molecule has 6 heteroatoms. The molecule has 1 aromatic carbocycles. The summed E-state index contributed by atoms with van der Waals surface area (Å²) < 4.78 is 29.3. The largest absolute Gasteiger partial charge is 0.367 e. The Morgan fingerprint density at radius 2 is 2.07 bits per heavy atom. The first-order valence-electron chi connectivity index (χ1n) is 4.17. The van der Waals surface area contributed by atoms with E-state index in [4.69, 9.17) is 5.73 Å². The summed E-state index contributed by atoms with van der Waals surface area (Å²) in [7, 11) is 0. The molecule has 2 aromatic rings. The van der Waals surface area contributed by atoms with Crippen molar-refractivity contribution in [1.82, 2.24) is 9.36 Å². The van der Waals surface area contributed by atoms with E-state index in [2.05, 4.69) is 9.36 Å². The van der Waals surface area contributed by atoms with E-state index in [0.29, 0.717) is 17.0 Å². The number of nitrogens with two attached hydrogens (primary N) is 1. The fraction of sp³-hybridized carbons (Fsp3) is 0.111. The highest BCUT2D eigenvalue weighted by molar-refractivity contribution is 7.05. The molecular formula is C9H7F2N3S. The van der Waals surface area contributed by atoms with Crippen LogP contribution in [0.2, 0.25) is 0 Å². The summed E-state index contributed by atoms with van der Waals surface area (Å²) in [5, 5.41) is 0.679. The molecule has 0 aliphatic heterocycles. The second-order valence-electron chi connectivity index (χ2n) is 2.97. The third kappa shape index (κ3) is 2.27. The van der Waals surface area contributed by atoms with E-state index in [1.54, 1.807) is 0 Å². The van der Waals surface area contributed by atoms with Crippen LogP contribution in [0.3, 0.4) is 0 Å². The van der Waals surface area contributed by atoms with Gasteiger partial charge in [0.25, 0.3) is 0 Å². The lowest BCUT2D eigenvalue weighted by atomic mass is 10.1. The molecule has 0 atom stereocenters. The van der Waals surface area contributed by atoms with Gasteiger partial charge in [0.15, 0.2) is 11.6 Å². The Labute approximate surface area is 88.7 Å². The van der Waals surface area contributed by atoms with Gasteiger partial charge in [0.05, 0.1) is 0 Å². The highest BCUT2D eigenvalue weighted by Gasteiger charge is 2.06. The van der Waals surface area contributed by atoms with Crippen molar-refractivity contribution in [3.05, 3.63) is 40.4 Å². The number of nitrogen functional groups attached to an aromatic ring is 1. The smallest absolute Gasteiger partial charge is 0.232 e. The van der Waals surface area contributed by atoms with Gasteiger partial charge in [0.2, 0.25) is 5.95 Å². The highest BCUT2D eigenvalue weighted by Crippen LogP contribution is 2.15. The topological polar surface area (TPSA) is 51.8 Å². The Hall–Kier alpha value is -1.56. The predicted molar refractivity (Wildman–Crippen MR) is 53.5 cm³/mol. The van der Waals surface area contributed by atoms with Crippen LogP contribution in [0, 0.1) is 11.6 Å². The average molecular weight is 227 g/mol. The Kier molecular flexibility index (Phi) is 2.59. The van der Waals surface area contributed by atoms with Crippen LogP contribution in [0.5, 0.6) is 0 Å². The molecule has 2 rings (SSSR count). The summed E-state index contributed by atoms with van der Waals surface area (Å²) in [6.07, 6.45) is 0.409. The van der Waals surface area contributed by atoms with Gasteiger partial charge in [-0.2, -0.15) is 4.37 Å². The average Bonchev–Trinajstić information content (AvgIpc) is 2.58. The molecule has 0 aliphatic carbocycles. The maximum Gasteiger partial charge on any atom is 0.232 e. The maximum absolute atomic E-state index is 12.9. The minimum atomic E-state index is -0.856. The number of anilines is 1. The van der Waals surface area contributed by atoms with E-state index in [1.807, 2.05) is 0 Å². The van der Waals surface area contributed by atoms with Crippen LogP contribution in [0.25, 0.3) is 0 Å². The molecule has 0 fully saturated rings. The van der Waals surface area contributed by atoms with Crippen molar-refractivity contribution in [3.63, 3.8) is 0 Å². The molecule has 78 valence electrons. The van der Waals surface area contributed by atoms with Crippen LogP contribution in [0.15, 0.2) is 18.2 Å². The van der Waals surface area contributed by atoms with E-state index in [9.17, 15) is 8.78 Å². The van der Waals surface area contributed by atoms with Gasteiger partial charge in [-0.1, -0.05) is 6.07 Å². The van der Waals surface area contributed by atoms with Crippen molar-refractivity contribution in [1.29, 1.82) is 0 Å². The van der Waals surface area contributed by atoms with Gasteiger partial charge in [-0.15, -0.1) is 0 Å². The standard InChI is InChI=1S/C9H7F2N3S/c10-6-2-1-5(3-7(6)11)4-8-13-9(12)14-15-8/h1-3H,4H2,(H2,12,14). The van der Waals surface area contributed by atoms with Crippen LogP contribution < -0.4 is 5.73 Å². The quantitative estimate of drug-likeness (QED) is 0.853. The molecule has 0 radical (unpaired) electrons. The van der Waals surface area contributed by atoms with Gasteiger partial charge < -0.3 is 5.73 Å². The lowest BCUT2D eigenvalue weighted by Crippen LogP contribution is -1.92. The second-order valence-corrected chi connectivity index (χ2v) is 3.81. The number of hydrogen-bond donors (Lipinski definition) is 1. The van der Waals surface area contributed by atoms with Gasteiger partial charge in [0.1, 0.15) is 5.01 Å². The minimum Gasteiger partial charge on any atom is -0.367 e. The zero-order valence-corrected chi connectivity index (χ0v) is 8.39. The Morgan fingerprint density at radius 3 is 2.67 bits per heavy atom. The van der Waals surface area contributed by atoms with E-state index < -0.39 is 11.6 Å². The fourth-order valence-corrected chi connectivity index (χ4v) is 1.77. The second kappa shape index (κ2) is 3.90. The number of benzene rings is 1. The van der Waals surface area contributed by atoms with Gasteiger partial charge in [-0.25, -0.2) is 13.8 Å². The lowest BCUT2D eigenvalue weighted by molar-refractivity contribution is 0.507. The third-order valence-corrected chi connectivity index (χ3v) is 2.55. The van der Waals surface area contributed by atoms with Crippen LogP contribution in [0.4, 0.5) is 14.7 Å². The van der Waals surface area contributed by atoms with Gasteiger partial charge in [-0.3, -0.25) is 0 Å². The molecule has 0 saturated carbocycles. The summed E-state index contributed by atoms with van der Waals surface area (Å²) in [5.74, 6) is -1.50. The van der Waals surface area contributed by atoms with E-state index in [0.717, 1.165) is 23.7 Å². The Balaban J connectivity index is 2.21. The predicted octanol–water partition coefficient (Wildman–Crippen LogP) is 1.99. The monoisotopic (exact) mass is 227 g/mol. The normalized spacial score (nSPS) is 10.5. The zero-order valence-electron chi connectivity index (χ0n) is 7.58. The zero-order chi connectivity index (χ0) is 10.8. The van der Waals surface area contributed by atoms with Crippen LogP contribution in [0.1, 0.15) is 10.6 Å². The van der Waals surface area contributed by atoms with Crippen molar-refractivity contribution in [3.8, 4) is 0 Å². The van der Waals surface area contributed by atoms with E-state index >= 15 is 0 Å². The minimum absolute atomic E-state index is 0.206.